The number of aliphatic carboxylic acids is 4. The van der Waals surface area contributed by atoms with Crippen LogP contribution < -0.4 is 68.9 Å². The summed E-state index contributed by atoms with van der Waals surface area (Å²) in [5.41, 5.74) is -3.62. The fourth-order valence-electron chi connectivity index (χ4n) is 1.56. The van der Waals surface area contributed by atoms with Gasteiger partial charge in [-0.25, -0.2) is 0 Å². The first kappa shape index (κ1) is 57.6. The van der Waals surface area contributed by atoms with Gasteiger partial charge >= 0.3 is 108 Å². The Morgan fingerprint density at radius 3 is 0.800 bits per heavy atom. The van der Waals surface area contributed by atoms with E-state index in [4.69, 9.17) is 58.8 Å². The zero-order chi connectivity index (χ0) is 32.1. The van der Waals surface area contributed by atoms with Gasteiger partial charge in [0.15, 0.2) is 0 Å². The smallest absolute Gasteiger partial charge is 0.799 e. The first-order chi connectivity index (χ1) is 17.3. The summed E-state index contributed by atoms with van der Waals surface area (Å²) in [6, 6.07) is 0. The Labute approximate surface area is 268 Å². The van der Waals surface area contributed by atoms with Gasteiger partial charge in [-0.3, -0.25) is 19.2 Å². The van der Waals surface area contributed by atoms with Crippen LogP contribution in [0.15, 0.2) is 0 Å². The molecule has 0 aromatic rings. The quantitative estimate of drug-likeness (QED) is 0.127. The maximum absolute atomic E-state index is 11.1. The van der Waals surface area contributed by atoms with Crippen molar-refractivity contribution < 1.29 is 156 Å². The van der Waals surface area contributed by atoms with E-state index in [0.29, 0.717) is 0 Å². The van der Waals surface area contributed by atoms with Gasteiger partial charge in [0.25, 0.3) is 0 Å². The van der Waals surface area contributed by atoms with E-state index in [1.807, 2.05) is 0 Å². The predicted octanol–water partition coefficient (Wildman–Crippen LogP) is -9.18. The van der Waals surface area contributed by atoms with Crippen LogP contribution >= 0.6 is 14.7 Å². The molecule has 40 heavy (non-hydrogen) atoms. The summed E-state index contributed by atoms with van der Waals surface area (Å²) in [7, 11) is -8.25. The van der Waals surface area contributed by atoms with Gasteiger partial charge in [0, 0.05) is 14.7 Å². The molecule has 4 unspecified atom stereocenters. The summed E-state index contributed by atoms with van der Waals surface area (Å²) >= 11 is 0. The molecule has 4 N–H and O–H groups in total. The SMILES string of the molecule is CCP(=O)([O-])C(CC(=O)O)C(=O)O.CCP(=O)([O-])C(CC(=O)O)C(=O)O.O=C=O.O=C=O.O=C=O.O=C=O.[Na+].[Na+]. The Kier molecular flexibility index (Phi) is 53.0. The van der Waals surface area contributed by atoms with Crippen LogP contribution in [0.2, 0.25) is 0 Å². The molecule has 0 saturated carbocycles. The number of carbonyl (C=O) groups is 4. The van der Waals surface area contributed by atoms with Crippen LogP contribution in [0, 0.1) is 0 Å². The second-order valence-electron chi connectivity index (χ2n) is 5.32. The molecule has 0 radical (unpaired) electrons. The van der Waals surface area contributed by atoms with Gasteiger partial charge in [-0.05, 0) is 12.3 Å². The number of carboxylic acids is 4. The molecule has 4 atom stereocenters. The van der Waals surface area contributed by atoms with Crippen molar-refractivity contribution in [2.45, 2.75) is 38.0 Å². The van der Waals surface area contributed by atoms with Crippen molar-refractivity contribution in [1.29, 1.82) is 0 Å². The normalized spacial score (nSPS) is 12.1. The zero-order valence-corrected chi connectivity index (χ0v) is 27.0. The number of hydrogen-bond donors (Lipinski definition) is 4. The van der Waals surface area contributed by atoms with Gasteiger partial charge in [0.1, 0.15) is 11.3 Å². The van der Waals surface area contributed by atoms with Gasteiger partial charge in [-0.2, -0.15) is 38.4 Å². The fraction of sp³-hybridized carbons (Fsp3) is 0.500. The molecule has 0 bridgehead atoms. The molecule has 0 heterocycles. The minimum absolute atomic E-state index is 0. The number of carbonyl (C=O) groups excluding carboxylic acids is 8. The standard InChI is InChI=1S/2C6H11O6P.4CO2.2Na/c2*1-2-13(11,12)4(6(9)10)3-5(7)8;4*2-1-3;;/h2*4H,2-3H2,1H3,(H,7,8)(H,9,10)(H,11,12);;;;;;/q;;;;;;2*+1/p-2. The first-order valence-electron chi connectivity index (χ1n) is 8.74. The van der Waals surface area contributed by atoms with Crippen LogP contribution in [0.5, 0.6) is 0 Å². The molecule has 0 aliphatic rings. The van der Waals surface area contributed by atoms with E-state index in [1.165, 1.54) is 13.8 Å². The largest absolute Gasteiger partial charge is 1.00 e. The van der Waals surface area contributed by atoms with Crippen molar-refractivity contribution in [3.63, 3.8) is 0 Å². The molecule has 24 heteroatoms. The summed E-state index contributed by atoms with van der Waals surface area (Å²) in [5.74, 6) is -6.08. The molecule has 0 amide bonds. The van der Waals surface area contributed by atoms with Gasteiger partial charge < -0.3 is 39.3 Å². The molecule has 0 saturated heterocycles. The maximum Gasteiger partial charge on any atom is 1.00 e. The average Bonchev–Trinajstić information content (AvgIpc) is 2.77. The minimum Gasteiger partial charge on any atom is -0.799 e. The van der Waals surface area contributed by atoms with Crippen molar-refractivity contribution >= 4 is 63.2 Å². The Bertz CT molecular complexity index is 869. The van der Waals surface area contributed by atoms with Crippen LogP contribution in [0.3, 0.4) is 0 Å². The summed E-state index contributed by atoms with van der Waals surface area (Å²) in [6.45, 7) is 2.57. The monoisotopic (exact) mass is 640 g/mol. The summed E-state index contributed by atoms with van der Waals surface area (Å²) in [4.78, 5) is 128. The minimum atomic E-state index is -4.12. The van der Waals surface area contributed by atoms with Gasteiger partial charge in [-0.15, -0.1) is 0 Å². The Balaban J connectivity index is -0.0000000589. The van der Waals surface area contributed by atoms with Gasteiger partial charge in [0.05, 0.1) is 12.8 Å². The average molecular weight is 640 g/mol. The molecule has 0 aliphatic heterocycles. The van der Waals surface area contributed by atoms with Crippen LogP contribution in [-0.4, -0.2) is 92.6 Å². The van der Waals surface area contributed by atoms with E-state index in [2.05, 4.69) is 0 Å². The third-order valence-corrected chi connectivity index (χ3v) is 7.61. The predicted molar refractivity (Wildman–Crippen MR) is 104 cm³/mol. The Morgan fingerprint density at radius 1 is 0.575 bits per heavy atom. The number of hydrogen-bond acceptors (Lipinski definition) is 16. The number of rotatable bonds is 10. The molecule has 0 fully saturated rings. The molecule has 216 valence electrons. The molecule has 20 nitrogen and oxygen atoms in total. The third-order valence-electron chi connectivity index (χ3n) is 3.14. The topological polar surface area (TPSA) is 366 Å². The van der Waals surface area contributed by atoms with E-state index in [1.54, 1.807) is 0 Å². The number of carboxylic acid groups (broad SMARTS) is 4. The van der Waals surface area contributed by atoms with Crippen LogP contribution in [0.25, 0.3) is 0 Å². The zero-order valence-electron chi connectivity index (χ0n) is 21.2. The molecule has 0 aromatic heterocycles. The Morgan fingerprint density at radius 2 is 0.725 bits per heavy atom. The fourth-order valence-corrected chi connectivity index (χ4v) is 3.98. The molecule has 0 aromatic carbocycles. The molecular formula is C16H20Na2O20P2. The van der Waals surface area contributed by atoms with Crippen molar-refractivity contribution in [2.24, 2.45) is 0 Å². The van der Waals surface area contributed by atoms with Crippen LogP contribution in [-0.2, 0) is 66.7 Å². The summed E-state index contributed by atoms with van der Waals surface area (Å²) in [5, 5.41) is 33.4. The van der Waals surface area contributed by atoms with E-state index in [9.17, 15) is 38.1 Å². The second kappa shape index (κ2) is 36.8. The van der Waals surface area contributed by atoms with Crippen molar-refractivity contribution in [3.8, 4) is 0 Å². The Hall–Kier alpha value is -2.22. The molecular weight excluding hydrogens is 620 g/mol. The van der Waals surface area contributed by atoms with Crippen molar-refractivity contribution in [1.82, 2.24) is 0 Å². The van der Waals surface area contributed by atoms with Crippen molar-refractivity contribution in [3.05, 3.63) is 0 Å². The third kappa shape index (κ3) is 42.9. The van der Waals surface area contributed by atoms with E-state index in [0.717, 1.165) is 0 Å². The summed E-state index contributed by atoms with van der Waals surface area (Å²) < 4.78 is 22.1. The second-order valence-corrected chi connectivity index (χ2v) is 10.7. The molecule has 0 spiro atoms. The maximum atomic E-state index is 11.1. The van der Waals surface area contributed by atoms with Crippen LogP contribution in [0.4, 0.5) is 0 Å². The van der Waals surface area contributed by atoms with Crippen LogP contribution in [0.1, 0.15) is 26.7 Å². The van der Waals surface area contributed by atoms with Gasteiger partial charge in [-0.1, -0.05) is 13.8 Å². The first-order valence-corrected chi connectivity index (χ1v) is 12.5. The van der Waals surface area contributed by atoms with E-state index in [-0.39, 0.29) is 96.0 Å². The van der Waals surface area contributed by atoms with E-state index < -0.39 is 62.8 Å². The van der Waals surface area contributed by atoms with E-state index >= 15 is 0 Å². The van der Waals surface area contributed by atoms with Gasteiger partial charge in [0.2, 0.25) is 0 Å². The molecule has 0 rings (SSSR count). The summed E-state index contributed by atoms with van der Waals surface area (Å²) in [6.07, 6.45) is -1.47. The van der Waals surface area contributed by atoms with Crippen molar-refractivity contribution in [2.75, 3.05) is 12.3 Å². The molecule has 0 aliphatic carbocycles.